The lowest BCUT2D eigenvalue weighted by molar-refractivity contribution is 0.0488. The number of amides is 1. The van der Waals surface area contributed by atoms with E-state index in [1.165, 1.54) is 12.8 Å². The van der Waals surface area contributed by atoms with Gasteiger partial charge in [0, 0.05) is 6.04 Å². The highest BCUT2D eigenvalue weighted by atomic mass is 16.6. The zero-order chi connectivity index (χ0) is 11.5. The molecule has 0 radical (unpaired) electrons. The largest absolute Gasteiger partial charge is 0.444 e. The van der Waals surface area contributed by atoms with Gasteiger partial charge in [-0.3, -0.25) is 0 Å². The van der Waals surface area contributed by atoms with Crippen LogP contribution in [0.1, 0.15) is 53.4 Å². The molecule has 1 amide bonds. The Labute approximate surface area is 92.6 Å². The molecule has 1 N–H and O–H groups in total. The quantitative estimate of drug-likeness (QED) is 0.727. The van der Waals surface area contributed by atoms with E-state index in [0.29, 0.717) is 6.04 Å². The number of nitrogens with one attached hydrogen (secondary N) is 1. The zero-order valence-electron chi connectivity index (χ0n) is 10.3. The van der Waals surface area contributed by atoms with Crippen LogP contribution in [-0.4, -0.2) is 17.7 Å². The summed E-state index contributed by atoms with van der Waals surface area (Å²) in [6.07, 6.45) is 4.31. The molecule has 1 aliphatic rings. The van der Waals surface area contributed by atoms with Crippen molar-refractivity contribution in [2.75, 3.05) is 0 Å². The Morgan fingerprint density at radius 1 is 1.20 bits per heavy atom. The van der Waals surface area contributed by atoms with Gasteiger partial charge in [0.1, 0.15) is 5.60 Å². The monoisotopic (exact) mass is 213 g/mol. The second-order valence-corrected chi connectivity index (χ2v) is 5.60. The molecular formula is C12H23NO2. The van der Waals surface area contributed by atoms with Crippen molar-refractivity contribution in [1.82, 2.24) is 5.32 Å². The predicted octanol–water partition coefficient (Wildman–Crippen LogP) is 3.09. The summed E-state index contributed by atoms with van der Waals surface area (Å²) in [4.78, 5) is 11.5. The summed E-state index contributed by atoms with van der Waals surface area (Å²) in [6, 6.07) is 0.316. The van der Waals surface area contributed by atoms with Gasteiger partial charge in [0.25, 0.3) is 0 Å². The van der Waals surface area contributed by atoms with Gasteiger partial charge in [-0.1, -0.05) is 6.92 Å². The van der Waals surface area contributed by atoms with Crippen molar-refractivity contribution < 1.29 is 9.53 Å². The van der Waals surface area contributed by atoms with Gasteiger partial charge < -0.3 is 10.1 Å². The molecule has 3 nitrogen and oxygen atoms in total. The Balaban J connectivity index is 2.27. The highest BCUT2D eigenvalue weighted by Crippen LogP contribution is 2.23. The molecule has 0 unspecified atom stereocenters. The summed E-state index contributed by atoms with van der Waals surface area (Å²) < 4.78 is 5.22. The maximum absolute atomic E-state index is 11.5. The van der Waals surface area contributed by atoms with Gasteiger partial charge in [-0.2, -0.15) is 0 Å². The number of carbonyl (C=O) groups excluding carboxylic acids is 1. The Morgan fingerprint density at radius 2 is 1.73 bits per heavy atom. The molecule has 0 bridgehead atoms. The van der Waals surface area contributed by atoms with Gasteiger partial charge in [-0.15, -0.1) is 0 Å². The van der Waals surface area contributed by atoms with Crippen molar-refractivity contribution in [1.29, 1.82) is 0 Å². The summed E-state index contributed by atoms with van der Waals surface area (Å²) in [6.45, 7) is 7.92. The van der Waals surface area contributed by atoms with E-state index in [1.54, 1.807) is 0 Å². The Hall–Kier alpha value is -0.730. The van der Waals surface area contributed by atoms with Crippen molar-refractivity contribution >= 4 is 6.09 Å². The molecule has 1 rings (SSSR count). The van der Waals surface area contributed by atoms with Crippen LogP contribution in [0.15, 0.2) is 0 Å². The van der Waals surface area contributed by atoms with Crippen LogP contribution < -0.4 is 5.32 Å². The molecule has 0 heterocycles. The van der Waals surface area contributed by atoms with E-state index in [2.05, 4.69) is 12.2 Å². The van der Waals surface area contributed by atoms with Crippen LogP contribution in [0.5, 0.6) is 0 Å². The molecule has 0 aromatic rings. The number of alkyl carbamates (subject to hydrolysis) is 1. The molecule has 0 spiro atoms. The van der Waals surface area contributed by atoms with E-state index in [1.807, 2.05) is 20.8 Å². The summed E-state index contributed by atoms with van der Waals surface area (Å²) in [5.74, 6) is 0.807. The van der Waals surface area contributed by atoms with E-state index in [9.17, 15) is 4.79 Å². The van der Waals surface area contributed by atoms with E-state index in [4.69, 9.17) is 4.74 Å². The van der Waals surface area contributed by atoms with Crippen LogP contribution in [0.2, 0.25) is 0 Å². The second-order valence-electron chi connectivity index (χ2n) is 5.60. The maximum Gasteiger partial charge on any atom is 0.407 e. The van der Waals surface area contributed by atoms with Gasteiger partial charge in [0.15, 0.2) is 0 Å². The lowest BCUT2D eigenvalue weighted by atomic mass is 9.87. The standard InChI is InChI=1S/C12H23NO2/c1-9-5-7-10(8-6-9)13-11(14)15-12(2,3)4/h9-10H,5-8H2,1-4H3,(H,13,14). The minimum absolute atomic E-state index is 0.276. The van der Waals surface area contributed by atoms with Crippen molar-refractivity contribution in [2.24, 2.45) is 5.92 Å². The minimum Gasteiger partial charge on any atom is -0.444 e. The summed E-state index contributed by atoms with van der Waals surface area (Å²) in [5.41, 5.74) is -0.397. The van der Waals surface area contributed by atoms with Crippen molar-refractivity contribution in [3.63, 3.8) is 0 Å². The molecule has 1 saturated carbocycles. The van der Waals surface area contributed by atoms with Crippen LogP contribution in [0, 0.1) is 5.92 Å². The van der Waals surface area contributed by atoms with Crippen LogP contribution >= 0.6 is 0 Å². The normalized spacial score (nSPS) is 27.2. The first-order valence-electron chi connectivity index (χ1n) is 5.86. The molecule has 0 aliphatic heterocycles. The molecule has 88 valence electrons. The number of carbonyl (C=O) groups is 1. The SMILES string of the molecule is CC1CCC(NC(=O)OC(C)(C)C)CC1. The fraction of sp³-hybridized carbons (Fsp3) is 0.917. The van der Waals surface area contributed by atoms with Gasteiger partial charge in [0.2, 0.25) is 0 Å². The van der Waals surface area contributed by atoms with Crippen LogP contribution in [-0.2, 0) is 4.74 Å². The topological polar surface area (TPSA) is 38.3 Å². The molecular weight excluding hydrogens is 190 g/mol. The highest BCUT2D eigenvalue weighted by molar-refractivity contribution is 5.68. The number of hydrogen-bond donors (Lipinski definition) is 1. The highest BCUT2D eigenvalue weighted by Gasteiger charge is 2.22. The average molecular weight is 213 g/mol. The van der Waals surface area contributed by atoms with Gasteiger partial charge >= 0.3 is 6.09 Å². The molecule has 1 aliphatic carbocycles. The smallest absolute Gasteiger partial charge is 0.407 e. The number of rotatable bonds is 1. The Kier molecular flexibility index (Phi) is 4.00. The molecule has 0 saturated heterocycles. The molecule has 15 heavy (non-hydrogen) atoms. The van der Waals surface area contributed by atoms with Crippen molar-refractivity contribution in [3.05, 3.63) is 0 Å². The van der Waals surface area contributed by atoms with E-state index in [0.717, 1.165) is 18.8 Å². The first-order valence-corrected chi connectivity index (χ1v) is 5.86. The van der Waals surface area contributed by atoms with E-state index in [-0.39, 0.29) is 6.09 Å². The lowest BCUT2D eigenvalue weighted by Gasteiger charge is -2.28. The Morgan fingerprint density at radius 3 is 2.20 bits per heavy atom. The second kappa shape index (κ2) is 4.86. The summed E-state index contributed by atoms with van der Waals surface area (Å²) in [5, 5.41) is 2.93. The summed E-state index contributed by atoms with van der Waals surface area (Å²) in [7, 11) is 0. The van der Waals surface area contributed by atoms with Gasteiger partial charge in [-0.05, 0) is 52.4 Å². The van der Waals surface area contributed by atoms with Crippen LogP contribution in [0.4, 0.5) is 4.79 Å². The molecule has 0 aromatic heterocycles. The van der Waals surface area contributed by atoms with Gasteiger partial charge in [-0.25, -0.2) is 4.79 Å². The van der Waals surface area contributed by atoms with E-state index >= 15 is 0 Å². The third kappa shape index (κ3) is 5.05. The van der Waals surface area contributed by atoms with Crippen molar-refractivity contribution in [2.45, 2.75) is 65.0 Å². The van der Waals surface area contributed by atoms with Crippen LogP contribution in [0.3, 0.4) is 0 Å². The molecule has 3 heteroatoms. The predicted molar refractivity (Wildman–Crippen MR) is 60.8 cm³/mol. The zero-order valence-corrected chi connectivity index (χ0v) is 10.3. The Bertz CT molecular complexity index is 212. The minimum atomic E-state index is -0.397. The number of hydrogen-bond acceptors (Lipinski definition) is 2. The molecule has 0 atom stereocenters. The van der Waals surface area contributed by atoms with Gasteiger partial charge in [0.05, 0.1) is 0 Å². The third-order valence-corrected chi connectivity index (χ3v) is 2.74. The number of ether oxygens (including phenoxy) is 1. The van der Waals surface area contributed by atoms with E-state index < -0.39 is 5.60 Å². The first-order chi connectivity index (χ1) is 6.87. The van der Waals surface area contributed by atoms with Crippen LogP contribution in [0.25, 0.3) is 0 Å². The average Bonchev–Trinajstić information content (AvgIpc) is 2.05. The fourth-order valence-corrected chi connectivity index (χ4v) is 1.88. The van der Waals surface area contributed by atoms with Crippen molar-refractivity contribution in [3.8, 4) is 0 Å². The first kappa shape index (κ1) is 12.3. The molecule has 0 aromatic carbocycles. The fourth-order valence-electron chi connectivity index (χ4n) is 1.88. The summed E-state index contributed by atoms with van der Waals surface area (Å²) >= 11 is 0. The third-order valence-electron chi connectivity index (χ3n) is 2.74. The lowest BCUT2D eigenvalue weighted by Crippen LogP contribution is -2.40. The maximum atomic E-state index is 11.5. The molecule has 1 fully saturated rings.